The average Bonchev–Trinajstić information content (AvgIpc) is 2.21. The quantitative estimate of drug-likeness (QED) is 0.519. The Morgan fingerprint density at radius 1 is 1.07 bits per heavy atom. The number of unbranched alkanes of at least 4 members (excludes halogenated alkanes) is 4. The molecule has 0 bridgehead atoms. The Morgan fingerprint density at radius 3 is 2.43 bits per heavy atom. The normalized spacial score (nSPS) is 10.1. The fourth-order valence-corrected chi connectivity index (χ4v) is 1.27. The van der Waals surface area contributed by atoms with E-state index in [-0.39, 0.29) is 0 Å². The van der Waals surface area contributed by atoms with E-state index in [4.69, 9.17) is 0 Å². The van der Waals surface area contributed by atoms with Crippen molar-refractivity contribution in [2.75, 3.05) is 19.7 Å². The summed E-state index contributed by atoms with van der Waals surface area (Å²) in [5.41, 5.74) is 0. The molecular weight excluding hydrogens is 178 g/mol. The summed E-state index contributed by atoms with van der Waals surface area (Å²) in [6, 6.07) is 0. The molecule has 0 aromatic carbocycles. The van der Waals surface area contributed by atoms with Gasteiger partial charge >= 0.3 is 6.47 Å². The monoisotopic (exact) mass is 200 g/mol. The molecule has 0 saturated heterocycles. The lowest BCUT2D eigenvalue weighted by Gasteiger charge is -2.03. The lowest BCUT2D eigenvalue weighted by Crippen LogP contribution is -2.16. The summed E-state index contributed by atoms with van der Waals surface area (Å²) in [5.74, 6) is 0. The highest BCUT2D eigenvalue weighted by atomic mass is 16.5. The van der Waals surface area contributed by atoms with Crippen molar-refractivity contribution < 1.29 is 9.53 Å². The topological polar surface area (TPSA) is 38.3 Å². The van der Waals surface area contributed by atoms with Crippen LogP contribution in [-0.4, -0.2) is 26.2 Å². The molecule has 0 fully saturated rings. The maximum Gasteiger partial charge on any atom is 0.417 e. The fraction of sp³-hybridized carbons (Fsp3) is 0.909. The summed E-state index contributed by atoms with van der Waals surface area (Å²) in [6.45, 7) is 6.36. The molecule has 0 aliphatic heterocycles. The van der Waals surface area contributed by atoms with Crippen LogP contribution in [0.5, 0.6) is 0 Å². The first kappa shape index (κ1) is 13.4. The second-order valence-electron chi connectivity index (χ2n) is 3.45. The van der Waals surface area contributed by atoms with E-state index in [9.17, 15) is 4.79 Å². The molecule has 83 valence electrons. The van der Waals surface area contributed by atoms with Gasteiger partial charge in [0.1, 0.15) is 0 Å². The third kappa shape index (κ3) is 11.4. The van der Waals surface area contributed by atoms with Gasteiger partial charge in [-0.2, -0.15) is 0 Å². The molecule has 0 atom stereocenters. The van der Waals surface area contributed by atoms with Crippen molar-refractivity contribution >= 4 is 6.47 Å². The maximum atomic E-state index is 9.68. The summed E-state index contributed by atoms with van der Waals surface area (Å²) in [5, 5.41) is 3.39. The molecule has 0 spiro atoms. The van der Waals surface area contributed by atoms with E-state index in [1.54, 1.807) is 0 Å². The van der Waals surface area contributed by atoms with Crippen molar-refractivity contribution in [1.29, 1.82) is 0 Å². The smallest absolute Gasteiger partial charge is 0.417 e. The molecule has 0 aliphatic rings. The number of nitrogens with one attached hydrogen (secondary N) is 1. The van der Waals surface area contributed by atoms with E-state index in [1.165, 1.54) is 25.7 Å². The lowest BCUT2D eigenvalue weighted by atomic mass is 10.2. The zero-order chi connectivity index (χ0) is 10.5. The molecule has 0 aliphatic carbocycles. The first-order chi connectivity index (χ1) is 6.91. The minimum Gasteiger partial charge on any atom is -0.457 e. The zero-order valence-corrected chi connectivity index (χ0v) is 9.18. The predicted octanol–water partition coefficient (Wildman–Crippen LogP) is 2.02. The van der Waals surface area contributed by atoms with Crippen molar-refractivity contribution in [3.05, 3.63) is 0 Å². The Hall–Kier alpha value is -0.570. The Morgan fingerprint density at radius 2 is 1.79 bits per heavy atom. The lowest BCUT2D eigenvalue weighted by molar-refractivity contribution is 0.269. The van der Waals surface area contributed by atoms with E-state index < -0.39 is 0 Å². The predicted molar refractivity (Wildman–Crippen MR) is 57.9 cm³/mol. The van der Waals surface area contributed by atoms with E-state index in [2.05, 4.69) is 17.0 Å². The Balaban J connectivity index is 2.81. The number of rotatable bonds is 11. The van der Waals surface area contributed by atoms with Crippen LogP contribution in [0.1, 0.15) is 45.4 Å². The summed E-state index contributed by atoms with van der Waals surface area (Å²) in [6.07, 6.45) is 7.10. The SMILES string of the molecule is CCCCCNCCCCCO[C]=O. The minimum atomic E-state index is 0.513. The second kappa shape index (κ2) is 12.4. The van der Waals surface area contributed by atoms with E-state index in [1.807, 2.05) is 0 Å². The van der Waals surface area contributed by atoms with Crippen molar-refractivity contribution in [3.8, 4) is 0 Å². The highest BCUT2D eigenvalue weighted by Crippen LogP contribution is 1.95. The fourth-order valence-electron chi connectivity index (χ4n) is 1.27. The van der Waals surface area contributed by atoms with Gasteiger partial charge < -0.3 is 10.1 Å². The van der Waals surface area contributed by atoms with Gasteiger partial charge in [0.05, 0.1) is 6.61 Å². The van der Waals surface area contributed by atoms with Gasteiger partial charge in [0.2, 0.25) is 0 Å². The standard InChI is InChI=1S/C11H22NO2/c1-2-3-5-8-12-9-6-4-7-10-14-11-13/h12H,2-10H2,1H3. The first-order valence-electron chi connectivity index (χ1n) is 5.61. The van der Waals surface area contributed by atoms with E-state index in [0.29, 0.717) is 6.61 Å². The molecule has 1 radical (unpaired) electrons. The summed E-state index contributed by atoms with van der Waals surface area (Å²) in [7, 11) is 0. The van der Waals surface area contributed by atoms with Gasteiger partial charge in [-0.05, 0) is 38.8 Å². The van der Waals surface area contributed by atoms with Crippen LogP contribution < -0.4 is 5.32 Å². The van der Waals surface area contributed by atoms with Crippen LogP contribution in [0, 0.1) is 0 Å². The largest absolute Gasteiger partial charge is 0.457 e. The number of ether oxygens (including phenoxy) is 1. The molecule has 0 rings (SSSR count). The van der Waals surface area contributed by atoms with Crippen LogP contribution in [0.2, 0.25) is 0 Å². The molecule has 0 amide bonds. The third-order valence-electron chi connectivity index (χ3n) is 2.12. The van der Waals surface area contributed by atoms with Gasteiger partial charge in [0.25, 0.3) is 0 Å². The van der Waals surface area contributed by atoms with Crippen LogP contribution in [0.4, 0.5) is 0 Å². The van der Waals surface area contributed by atoms with Crippen LogP contribution in [0.3, 0.4) is 0 Å². The third-order valence-corrected chi connectivity index (χ3v) is 2.12. The van der Waals surface area contributed by atoms with E-state index >= 15 is 0 Å². The van der Waals surface area contributed by atoms with Crippen LogP contribution in [0.25, 0.3) is 0 Å². The van der Waals surface area contributed by atoms with Gasteiger partial charge in [-0.1, -0.05) is 19.8 Å². The van der Waals surface area contributed by atoms with Crippen molar-refractivity contribution in [1.82, 2.24) is 5.32 Å². The summed E-state index contributed by atoms with van der Waals surface area (Å²) in [4.78, 5) is 9.68. The van der Waals surface area contributed by atoms with Crippen LogP contribution >= 0.6 is 0 Å². The summed E-state index contributed by atoms with van der Waals surface area (Å²) >= 11 is 0. The Bertz CT molecular complexity index is 118. The average molecular weight is 200 g/mol. The van der Waals surface area contributed by atoms with Crippen LogP contribution in [0.15, 0.2) is 0 Å². The molecule has 3 heteroatoms. The van der Waals surface area contributed by atoms with Gasteiger partial charge in [-0.15, -0.1) is 0 Å². The van der Waals surface area contributed by atoms with Crippen molar-refractivity contribution in [3.63, 3.8) is 0 Å². The molecule has 0 heterocycles. The van der Waals surface area contributed by atoms with Crippen LogP contribution in [-0.2, 0) is 9.53 Å². The molecule has 0 aromatic rings. The van der Waals surface area contributed by atoms with E-state index in [0.717, 1.165) is 32.4 Å². The molecular formula is C11H22NO2. The van der Waals surface area contributed by atoms with Gasteiger partial charge in [0, 0.05) is 0 Å². The van der Waals surface area contributed by atoms with Crippen molar-refractivity contribution in [2.24, 2.45) is 0 Å². The molecule has 14 heavy (non-hydrogen) atoms. The molecule has 1 N–H and O–H groups in total. The van der Waals surface area contributed by atoms with Gasteiger partial charge in [-0.25, -0.2) is 4.79 Å². The molecule has 3 nitrogen and oxygen atoms in total. The van der Waals surface area contributed by atoms with Crippen molar-refractivity contribution in [2.45, 2.75) is 45.4 Å². The number of hydrogen-bond donors (Lipinski definition) is 1. The highest BCUT2D eigenvalue weighted by Gasteiger charge is 1.90. The molecule has 0 saturated carbocycles. The minimum absolute atomic E-state index is 0.513. The van der Waals surface area contributed by atoms with Gasteiger partial charge in [-0.3, -0.25) is 0 Å². The number of carbonyl (C=O) groups excluding carboxylic acids is 1. The Kier molecular flexibility index (Phi) is 11.9. The molecule has 0 unspecified atom stereocenters. The zero-order valence-electron chi connectivity index (χ0n) is 9.18. The Labute approximate surface area is 87.2 Å². The first-order valence-corrected chi connectivity index (χ1v) is 5.61. The molecule has 0 aromatic heterocycles. The highest BCUT2D eigenvalue weighted by molar-refractivity contribution is 5.37. The summed E-state index contributed by atoms with van der Waals surface area (Å²) < 4.78 is 4.47. The maximum absolute atomic E-state index is 9.68. The van der Waals surface area contributed by atoms with Gasteiger partial charge in [0.15, 0.2) is 0 Å². The second-order valence-corrected chi connectivity index (χ2v) is 3.45. The number of hydrogen-bond acceptors (Lipinski definition) is 3.